The molecule has 0 saturated carbocycles. The van der Waals surface area contributed by atoms with Gasteiger partial charge in [0.05, 0.1) is 7.11 Å². The molecule has 0 bridgehead atoms. The van der Waals surface area contributed by atoms with Crippen LogP contribution in [0.1, 0.15) is 24.2 Å². The second-order valence-corrected chi connectivity index (χ2v) is 5.45. The zero-order valence-corrected chi connectivity index (χ0v) is 13.0. The molecule has 1 heterocycles. The predicted molar refractivity (Wildman–Crippen MR) is 86.2 cm³/mol. The number of amides is 1. The van der Waals surface area contributed by atoms with Crippen molar-refractivity contribution < 1.29 is 9.53 Å². The molecule has 1 aromatic heterocycles. The van der Waals surface area contributed by atoms with Crippen LogP contribution in [0.15, 0.2) is 41.2 Å². The first kappa shape index (κ1) is 15.8. The lowest BCUT2D eigenvalue weighted by molar-refractivity contribution is 0.0947. The molecular formula is C17H20N2O3. The Morgan fingerprint density at radius 2 is 1.86 bits per heavy atom. The van der Waals surface area contributed by atoms with E-state index in [2.05, 4.69) is 10.3 Å². The highest BCUT2D eigenvalue weighted by Crippen LogP contribution is 2.19. The Morgan fingerprint density at radius 3 is 2.41 bits per heavy atom. The number of hydrogen-bond donors (Lipinski definition) is 2. The van der Waals surface area contributed by atoms with Gasteiger partial charge in [-0.2, -0.15) is 0 Å². The van der Waals surface area contributed by atoms with Crippen LogP contribution in [0.2, 0.25) is 0 Å². The van der Waals surface area contributed by atoms with E-state index in [1.54, 1.807) is 19.2 Å². The van der Waals surface area contributed by atoms with Gasteiger partial charge in [0.15, 0.2) is 0 Å². The van der Waals surface area contributed by atoms with E-state index < -0.39 is 5.56 Å². The van der Waals surface area contributed by atoms with E-state index in [-0.39, 0.29) is 11.5 Å². The number of nitrogens with one attached hydrogen (secondary N) is 2. The molecule has 116 valence electrons. The van der Waals surface area contributed by atoms with E-state index in [0.717, 1.165) is 11.3 Å². The van der Waals surface area contributed by atoms with Crippen molar-refractivity contribution in [1.29, 1.82) is 0 Å². The van der Waals surface area contributed by atoms with Crippen LogP contribution >= 0.6 is 0 Å². The van der Waals surface area contributed by atoms with E-state index in [1.807, 2.05) is 38.1 Å². The average Bonchev–Trinajstić information content (AvgIpc) is 2.52. The molecule has 5 heteroatoms. The van der Waals surface area contributed by atoms with Crippen LogP contribution in [0.3, 0.4) is 0 Å². The van der Waals surface area contributed by atoms with Gasteiger partial charge in [-0.1, -0.05) is 13.8 Å². The van der Waals surface area contributed by atoms with Crippen molar-refractivity contribution in [2.45, 2.75) is 13.8 Å². The lowest BCUT2D eigenvalue weighted by atomic mass is 10.1. The molecule has 2 aromatic rings. The van der Waals surface area contributed by atoms with E-state index in [9.17, 15) is 9.59 Å². The highest BCUT2D eigenvalue weighted by molar-refractivity contribution is 5.94. The zero-order valence-electron chi connectivity index (χ0n) is 13.0. The largest absolute Gasteiger partial charge is 0.497 e. The Labute approximate surface area is 129 Å². The fourth-order valence-corrected chi connectivity index (χ4v) is 1.98. The topological polar surface area (TPSA) is 71.2 Å². The highest BCUT2D eigenvalue weighted by atomic mass is 16.5. The van der Waals surface area contributed by atoms with Crippen molar-refractivity contribution in [3.05, 3.63) is 52.3 Å². The fourth-order valence-electron chi connectivity index (χ4n) is 1.98. The first-order valence-electron chi connectivity index (χ1n) is 7.17. The molecular weight excluding hydrogens is 280 g/mol. The van der Waals surface area contributed by atoms with E-state index >= 15 is 0 Å². The third kappa shape index (κ3) is 3.75. The summed E-state index contributed by atoms with van der Waals surface area (Å²) >= 11 is 0. The van der Waals surface area contributed by atoms with Crippen molar-refractivity contribution >= 4 is 5.91 Å². The molecule has 5 nitrogen and oxygen atoms in total. The van der Waals surface area contributed by atoms with E-state index in [1.165, 1.54) is 0 Å². The molecule has 1 amide bonds. The number of ether oxygens (including phenoxy) is 1. The molecule has 0 radical (unpaired) electrons. The molecule has 22 heavy (non-hydrogen) atoms. The number of benzene rings is 1. The average molecular weight is 300 g/mol. The van der Waals surface area contributed by atoms with Gasteiger partial charge < -0.3 is 15.0 Å². The maximum atomic E-state index is 12.1. The summed E-state index contributed by atoms with van der Waals surface area (Å²) < 4.78 is 5.10. The number of hydrogen-bond acceptors (Lipinski definition) is 3. The van der Waals surface area contributed by atoms with Crippen molar-refractivity contribution in [2.75, 3.05) is 13.7 Å². The number of H-pyrrole nitrogens is 1. The highest BCUT2D eigenvalue weighted by Gasteiger charge is 2.11. The summed E-state index contributed by atoms with van der Waals surface area (Å²) in [6.45, 7) is 4.53. The van der Waals surface area contributed by atoms with Crippen LogP contribution in [-0.4, -0.2) is 24.5 Å². The third-order valence-electron chi connectivity index (χ3n) is 3.23. The first-order valence-corrected chi connectivity index (χ1v) is 7.17. The molecule has 0 unspecified atom stereocenters. The smallest absolute Gasteiger partial charge is 0.261 e. The lowest BCUT2D eigenvalue weighted by Gasteiger charge is -2.08. The Kier molecular flexibility index (Phi) is 4.99. The Balaban J connectivity index is 2.21. The van der Waals surface area contributed by atoms with E-state index in [0.29, 0.717) is 18.2 Å². The second kappa shape index (κ2) is 6.93. The molecule has 0 saturated heterocycles. The number of carbonyl (C=O) groups is 1. The maximum Gasteiger partial charge on any atom is 0.261 e. The van der Waals surface area contributed by atoms with Crippen molar-refractivity contribution in [2.24, 2.45) is 5.92 Å². The number of rotatable bonds is 5. The Morgan fingerprint density at radius 1 is 1.18 bits per heavy atom. The molecule has 0 aliphatic heterocycles. The minimum Gasteiger partial charge on any atom is -0.497 e. The Bertz CT molecular complexity index is 703. The molecule has 0 fully saturated rings. The molecule has 2 rings (SSSR count). The number of pyridine rings is 1. The standard InChI is InChI=1S/C17H20N2O3/c1-11(2)10-18-16(20)14-8-9-15(19-17(14)21)12-4-6-13(22-3)7-5-12/h4-9,11H,10H2,1-3H3,(H,18,20)(H,19,21). The molecule has 0 aliphatic rings. The molecule has 0 aliphatic carbocycles. The quantitative estimate of drug-likeness (QED) is 0.891. The molecule has 0 atom stereocenters. The van der Waals surface area contributed by atoms with Crippen LogP contribution < -0.4 is 15.6 Å². The summed E-state index contributed by atoms with van der Waals surface area (Å²) in [5, 5.41) is 2.74. The van der Waals surface area contributed by atoms with Crippen LogP contribution in [0.5, 0.6) is 5.75 Å². The Hall–Kier alpha value is -2.56. The van der Waals surface area contributed by atoms with Crippen molar-refractivity contribution in [3.63, 3.8) is 0 Å². The van der Waals surface area contributed by atoms with Crippen LogP contribution in [0.4, 0.5) is 0 Å². The van der Waals surface area contributed by atoms with Gasteiger partial charge >= 0.3 is 0 Å². The van der Waals surface area contributed by atoms with Gasteiger partial charge in [-0.15, -0.1) is 0 Å². The summed E-state index contributed by atoms with van der Waals surface area (Å²) in [4.78, 5) is 26.8. The SMILES string of the molecule is COc1ccc(-c2ccc(C(=O)NCC(C)C)c(=O)[nH]2)cc1. The van der Waals surface area contributed by atoms with Crippen molar-refractivity contribution in [3.8, 4) is 17.0 Å². The van der Waals surface area contributed by atoms with Crippen LogP contribution in [0, 0.1) is 5.92 Å². The summed E-state index contributed by atoms with van der Waals surface area (Å²) in [7, 11) is 1.60. The normalized spacial score (nSPS) is 10.5. The summed E-state index contributed by atoms with van der Waals surface area (Å²) in [6, 6.07) is 10.6. The fraction of sp³-hybridized carbons (Fsp3) is 0.294. The third-order valence-corrected chi connectivity index (χ3v) is 3.23. The van der Waals surface area contributed by atoms with Gasteiger partial charge in [0, 0.05) is 12.2 Å². The second-order valence-electron chi connectivity index (χ2n) is 5.45. The van der Waals surface area contributed by atoms with Gasteiger partial charge in [0.2, 0.25) is 0 Å². The van der Waals surface area contributed by atoms with E-state index in [4.69, 9.17) is 4.74 Å². The lowest BCUT2D eigenvalue weighted by Crippen LogP contribution is -2.32. The van der Waals surface area contributed by atoms with Gasteiger partial charge in [-0.3, -0.25) is 9.59 Å². The van der Waals surface area contributed by atoms with Gasteiger partial charge in [0.1, 0.15) is 11.3 Å². The number of methoxy groups -OCH3 is 1. The summed E-state index contributed by atoms with van der Waals surface area (Å²) in [5.74, 6) is 0.730. The van der Waals surface area contributed by atoms with Crippen LogP contribution in [-0.2, 0) is 0 Å². The van der Waals surface area contributed by atoms with Gasteiger partial charge in [-0.05, 0) is 47.9 Å². The zero-order chi connectivity index (χ0) is 16.1. The predicted octanol–water partition coefficient (Wildman–Crippen LogP) is 2.44. The molecule has 2 N–H and O–H groups in total. The number of aromatic nitrogens is 1. The van der Waals surface area contributed by atoms with Gasteiger partial charge in [0.25, 0.3) is 11.5 Å². The molecule has 1 aromatic carbocycles. The summed E-state index contributed by atoms with van der Waals surface area (Å²) in [5.41, 5.74) is 1.24. The maximum absolute atomic E-state index is 12.1. The van der Waals surface area contributed by atoms with Gasteiger partial charge in [-0.25, -0.2) is 0 Å². The van der Waals surface area contributed by atoms with Crippen molar-refractivity contribution in [1.82, 2.24) is 10.3 Å². The first-order chi connectivity index (χ1) is 10.5. The minimum absolute atomic E-state index is 0.123. The monoisotopic (exact) mass is 300 g/mol. The summed E-state index contributed by atoms with van der Waals surface area (Å²) in [6.07, 6.45) is 0. The molecule has 0 spiro atoms. The number of aromatic amines is 1. The van der Waals surface area contributed by atoms with Crippen LogP contribution in [0.25, 0.3) is 11.3 Å². The minimum atomic E-state index is -0.394. The number of carbonyl (C=O) groups excluding carboxylic acids is 1.